The highest BCUT2D eigenvalue weighted by molar-refractivity contribution is 5.71. The first-order valence-electron chi connectivity index (χ1n) is 9.85. The summed E-state index contributed by atoms with van der Waals surface area (Å²) in [6.07, 6.45) is 2.95. The lowest BCUT2D eigenvalue weighted by Gasteiger charge is -2.27. The van der Waals surface area contributed by atoms with E-state index in [9.17, 15) is 0 Å². The van der Waals surface area contributed by atoms with Crippen LogP contribution in [0.25, 0.3) is 11.4 Å². The minimum atomic E-state index is 0.639. The lowest BCUT2D eigenvalue weighted by Crippen LogP contribution is -2.27. The molecule has 0 aliphatic rings. The maximum absolute atomic E-state index is 5.72. The molecule has 5 heteroatoms. The highest BCUT2D eigenvalue weighted by Gasteiger charge is 2.22. The molecule has 2 rings (SSSR count). The summed E-state index contributed by atoms with van der Waals surface area (Å²) >= 11 is 0. The molecule has 148 valence electrons. The molecule has 27 heavy (non-hydrogen) atoms. The molecule has 1 aromatic heterocycles. The van der Waals surface area contributed by atoms with Crippen molar-refractivity contribution in [3.8, 4) is 23.0 Å². The number of aromatic nitrogens is 2. The van der Waals surface area contributed by atoms with E-state index in [4.69, 9.17) is 19.4 Å². The van der Waals surface area contributed by atoms with Crippen molar-refractivity contribution in [3.05, 3.63) is 29.0 Å². The van der Waals surface area contributed by atoms with Crippen molar-refractivity contribution in [2.75, 3.05) is 32.2 Å². The summed E-state index contributed by atoms with van der Waals surface area (Å²) in [6.45, 7) is 12.6. The standard InChI is InChI=1S/C22H33N3O2/c1-8-11-25(12-9-2)19-18(10-3)23-21(24-22(19)27-7)17-14-15(4)13-16(5)20(17)26-6/h13-14H,8-12H2,1-7H3. The first-order chi connectivity index (χ1) is 13.0. The highest BCUT2D eigenvalue weighted by atomic mass is 16.5. The summed E-state index contributed by atoms with van der Waals surface area (Å²) in [5, 5.41) is 0. The van der Waals surface area contributed by atoms with Gasteiger partial charge in [-0.2, -0.15) is 4.98 Å². The van der Waals surface area contributed by atoms with Gasteiger partial charge in [-0.05, 0) is 50.3 Å². The summed E-state index contributed by atoms with van der Waals surface area (Å²) in [5.41, 5.74) is 5.19. The van der Waals surface area contributed by atoms with Gasteiger partial charge in [-0.15, -0.1) is 0 Å². The summed E-state index contributed by atoms with van der Waals surface area (Å²) in [5.74, 6) is 2.11. The lowest BCUT2D eigenvalue weighted by molar-refractivity contribution is 0.395. The number of anilines is 1. The average molecular weight is 372 g/mol. The monoisotopic (exact) mass is 371 g/mol. The molecule has 1 heterocycles. The number of benzene rings is 1. The van der Waals surface area contributed by atoms with Gasteiger partial charge in [0, 0.05) is 13.1 Å². The molecular weight excluding hydrogens is 338 g/mol. The van der Waals surface area contributed by atoms with Crippen LogP contribution in [0.5, 0.6) is 11.6 Å². The van der Waals surface area contributed by atoms with Crippen LogP contribution in [0.3, 0.4) is 0 Å². The van der Waals surface area contributed by atoms with Crippen molar-refractivity contribution in [2.24, 2.45) is 0 Å². The van der Waals surface area contributed by atoms with Crippen molar-refractivity contribution in [2.45, 2.75) is 53.9 Å². The van der Waals surface area contributed by atoms with E-state index < -0.39 is 0 Å². The number of ether oxygens (including phenoxy) is 2. The third kappa shape index (κ3) is 4.52. The van der Waals surface area contributed by atoms with Crippen LogP contribution in [-0.2, 0) is 6.42 Å². The van der Waals surface area contributed by atoms with Crippen molar-refractivity contribution in [3.63, 3.8) is 0 Å². The van der Waals surface area contributed by atoms with Crippen LogP contribution < -0.4 is 14.4 Å². The molecule has 0 amide bonds. The second kappa shape index (κ2) is 9.58. The van der Waals surface area contributed by atoms with Gasteiger partial charge in [-0.25, -0.2) is 4.98 Å². The van der Waals surface area contributed by atoms with E-state index in [0.717, 1.165) is 66.2 Å². The molecule has 0 fully saturated rings. The Morgan fingerprint density at radius 2 is 1.59 bits per heavy atom. The van der Waals surface area contributed by atoms with Gasteiger partial charge in [-0.3, -0.25) is 0 Å². The van der Waals surface area contributed by atoms with Gasteiger partial charge in [0.05, 0.1) is 25.5 Å². The van der Waals surface area contributed by atoms with Crippen LogP contribution >= 0.6 is 0 Å². The Morgan fingerprint density at radius 3 is 2.11 bits per heavy atom. The van der Waals surface area contributed by atoms with Crippen LogP contribution in [0, 0.1) is 13.8 Å². The number of hydrogen-bond donors (Lipinski definition) is 0. The fraction of sp³-hybridized carbons (Fsp3) is 0.545. The molecule has 0 atom stereocenters. The molecule has 0 radical (unpaired) electrons. The van der Waals surface area contributed by atoms with Crippen LogP contribution in [0.15, 0.2) is 12.1 Å². The Hall–Kier alpha value is -2.30. The molecule has 0 spiro atoms. The van der Waals surface area contributed by atoms with Gasteiger partial charge < -0.3 is 14.4 Å². The molecule has 1 aromatic carbocycles. The zero-order valence-corrected chi connectivity index (χ0v) is 17.8. The molecule has 0 N–H and O–H groups in total. The van der Waals surface area contributed by atoms with E-state index >= 15 is 0 Å². The Morgan fingerprint density at radius 1 is 0.926 bits per heavy atom. The average Bonchev–Trinajstić information content (AvgIpc) is 2.66. The minimum Gasteiger partial charge on any atom is -0.496 e. The van der Waals surface area contributed by atoms with Gasteiger partial charge in [0.2, 0.25) is 5.88 Å². The molecule has 0 saturated carbocycles. The minimum absolute atomic E-state index is 0.639. The number of nitrogens with zero attached hydrogens (tertiary/aromatic N) is 3. The van der Waals surface area contributed by atoms with Crippen LogP contribution in [0.2, 0.25) is 0 Å². The zero-order chi connectivity index (χ0) is 20.0. The molecule has 0 unspecified atom stereocenters. The van der Waals surface area contributed by atoms with E-state index in [1.807, 2.05) is 6.92 Å². The second-order valence-electron chi connectivity index (χ2n) is 6.86. The summed E-state index contributed by atoms with van der Waals surface area (Å²) in [6, 6.07) is 4.19. The molecule has 0 saturated heterocycles. The zero-order valence-electron chi connectivity index (χ0n) is 17.8. The summed E-state index contributed by atoms with van der Waals surface area (Å²) < 4.78 is 11.4. The van der Waals surface area contributed by atoms with Gasteiger partial charge in [-0.1, -0.05) is 26.8 Å². The first kappa shape index (κ1) is 21.0. The largest absolute Gasteiger partial charge is 0.496 e. The Bertz CT molecular complexity index is 743. The van der Waals surface area contributed by atoms with Gasteiger partial charge in [0.25, 0.3) is 0 Å². The van der Waals surface area contributed by atoms with Crippen LogP contribution in [0.4, 0.5) is 5.69 Å². The number of aryl methyl sites for hydroxylation is 3. The van der Waals surface area contributed by atoms with E-state index in [1.165, 1.54) is 0 Å². The number of hydrogen-bond acceptors (Lipinski definition) is 5. The molecule has 0 aliphatic carbocycles. The van der Waals surface area contributed by atoms with Crippen molar-refractivity contribution in [1.29, 1.82) is 0 Å². The fourth-order valence-corrected chi connectivity index (χ4v) is 3.57. The van der Waals surface area contributed by atoms with E-state index in [-0.39, 0.29) is 0 Å². The molecule has 0 bridgehead atoms. The molecule has 2 aromatic rings. The van der Waals surface area contributed by atoms with E-state index in [1.54, 1.807) is 14.2 Å². The highest BCUT2D eigenvalue weighted by Crippen LogP contribution is 2.37. The summed E-state index contributed by atoms with van der Waals surface area (Å²) in [7, 11) is 3.38. The smallest absolute Gasteiger partial charge is 0.241 e. The first-order valence-corrected chi connectivity index (χ1v) is 9.85. The Labute approximate surface area is 163 Å². The predicted molar refractivity (Wildman–Crippen MR) is 112 cm³/mol. The maximum Gasteiger partial charge on any atom is 0.241 e. The van der Waals surface area contributed by atoms with E-state index in [2.05, 4.69) is 44.7 Å². The van der Waals surface area contributed by atoms with Crippen molar-refractivity contribution >= 4 is 5.69 Å². The molecular formula is C22H33N3O2. The van der Waals surface area contributed by atoms with E-state index in [0.29, 0.717) is 11.7 Å². The Kier molecular flexibility index (Phi) is 7.45. The third-order valence-corrected chi connectivity index (χ3v) is 4.62. The normalized spacial score (nSPS) is 10.8. The predicted octanol–water partition coefficient (Wildman–Crippen LogP) is 4.97. The van der Waals surface area contributed by atoms with Crippen molar-refractivity contribution in [1.82, 2.24) is 9.97 Å². The summed E-state index contributed by atoms with van der Waals surface area (Å²) in [4.78, 5) is 12.1. The lowest BCUT2D eigenvalue weighted by atomic mass is 10.0. The van der Waals surface area contributed by atoms with Gasteiger partial charge >= 0.3 is 0 Å². The maximum atomic E-state index is 5.72. The number of methoxy groups -OCH3 is 2. The molecule has 5 nitrogen and oxygen atoms in total. The van der Waals surface area contributed by atoms with Crippen LogP contribution in [0.1, 0.15) is 50.4 Å². The molecule has 0 aliphatic heterocycles. The van der Waals surface area contributed by atoms with Crippen LogP contribution in [-0.4, -0.2) is 37.3 Å². The topological polar surface area (TPSA) is 47.5 Å². The van der Waals surface area contributed by atoms with Gasteiger partial charge in [0.15, 0.2) is 5.82 Å². The van der Waals surface area contributed by atoms with Crippen molar-refractivity contribution < 1.29 is 9.47 Å². The second-order valence-corrected chi connectivity index (χ2v) is 6.86. The quantitative estimate of drug-likeness (QED) is 0.623. The van der Waals surface area contributed by atoms with Gasteiger partial charge in [0.1, 0.15) is 11.4 Å². The SMILES string of the molecule is CCCN(CCC)c1c(CC)nc(-c2cc(C)cc(C)c2OC)nc1OC. The fourth-order valence-electron chi connectivity index (χ4n) is 3.57. The Balaban J connectivity index is 2.69. The third-order valence-electron chi connectivity index (χ3n) is 4.62. The number of rotatable bonds is 9.